The molecule has 1 aromatic carbocycles. The van der Waals surface area contributed by atoms with Crippen molar-refractivity contribution in [2.24, 2.45) is 7.05 Å². The highest BCUT2D eigenvalue weighted by Gasteiger charge is 2.25. The zero-order valence-electron chi connectivity index (χ0n) is 15.4. The fraction of sp³-hybridized carbons (Fsp3) is 0.350. The molecule has 0 amide bonds. The van der Waals surface area contributed by atoms with E-state index in [-0.39, 0.29) is 5.56 Å². The minimum atomic E-state index is -0.0130. The van der Waals surface area contributed by atoms with Gasteiger partial charge in [0.25, 0.3) is 5.56 Å². The van der Waals surface area contributed by atoms with E-state index in [0.717, 1.165) is 28.9 Å². The van der Waals surface area contributed by atoms with E-state index in [1.807, 2.05) is 15.8 Å². The van der Waals surface area contributed by atoms with Crippen LogP contribution in [0.25, 0.3) is 16.0 Å². The van der Waals surface area contributed by atoms with Gasteiger partial charge in [0.15, 0.2) is 5.82 Å². The van der Waals surface area contributed by atoms with E-state index in [2.05, 4.69) is 46.4 Å². The summed E-state index contributed by atoms with van der Waals surface area (Å²) in [4.78, 5) is 14.9. The SMILES string of the molecule is CN(Cc1nnc2n(C)c(=O)c3sccc3n12)[C@@H]1CCCc2ccccc21. The van der Waals surface area contributed by atoms with Crippen molar-refractivity contribution in [1.82, 2.24) is 24.1 Å². The Morgan fingerprint density at radius 1 is 1.26 bits per heavy atom. The van der Waals surface area contributed by atoms with Gasteiger partial charge >= 0.3 is 0 Å². The van der Waals surface area contributed by atoms with Crippen LogP contribution < -0.4 is 5.56 Å². The molecule has 0 radical (unpaired) electrons. The van der Waals surface area contributed by atoms with Gasteiger partial charge < -0.3 is 0 Å². The maximum Gasteiger partial charge on any atom is 0.272 e. The van der Waals surface area contributed by atoms with E-state index in [1.54, 1.807) is 11.6 Å². The lowest BCUT2D eigenvalue weighted by atomic mass is 9.87. The number of hydrogen-bond donors (Lipinski definition) is 0. The first-order valence-corrected chi connectivity index (χ1v) is 10.1. The standard InChI is InChI=1S/C20H21N5OS/c1-23(15-9-5-7-13-6-3-4-8-14(13)15)12-17-21-22-20-24(2)19(26)18-16(25(17)20)10-11-27-18/h3-4,6,8,10-11,15H,5,7,9,12H2,1-2H3/t15-/m1/s1. The van der Waals surface area contributed by atoms with Gasteiger partial charge in [-0.25, -0.2) is 0 Å². The molecular formula is C20H21N5OS. The molecule has 1 aliphatic rings. The highest BCUT2D eigenvalue weighted by molar-refractivity contribution is 7.17. The molecule has 3 heterocycles. The average Bonchev–Trinajstić information content (AvgIpc) is 3.32. The predicted octanol–water partition coefficient (Wildman–Crippen LogP) is 3.15. The Hall–Kier alpha value is -2.51. The zero-order chi connectivity index (χ0) is 18.5. The van der Waals surface area contributed by atoms with E-state index in [1.165, 1.54) is 28.9 Å². The van der Waals surface area contributed by atoms with Crippen LogP contribution in [0.2, 0.25) is 0 Å². The Bertz CT molecular complexity index is 1200. The second-order valence-electron chi connectivity index (χ2n) is 7.27. The molecule has 3 aromatic heterocycles. The number of thiophene rings is 1. The summed E-state index contributed by atoms with van der Waals surface area (Å²) in [5, 5.41) is 10.7. The maximum atomic E-state index is 12.5. The molecule has 4 aromatic rings. The van der Waals surface area contributed by atoms with E-state index in [9.17, 15) is 4.79 Å². The number of hydrogen-bond acceptors (Lipinski definition) is 5. The van der Waals surface area contributed by atoms with Crippen LogP contribution in [-0.2, 0) is 20.0 Å². The Balaban J connectivity index is 1.57. The van der Waals surface area contributed by atoms with Crippen molar-refractivity contribution < 1.29 is 0 Å². The van der Waals surface area contributed by atoms with Crippen LogP contribution in [0.1, 0.15) is 35.8 Å². The molecule has 1 atom stereocenters. The van der Waals surface area contributed by atoms with E-state index in [0.29, 0.717) is 18.4 Å². The van der Waals surface area contributed by atoms with Gasteiger partial charge in [-0.05, 0) is 48.9 Å². The lowest BCUT2D eigenvalue weighted by Gasteiger charge is -2.32. The smallest absolute Gasteiger partial charge is 0.272 e. The molecule has 0 spiro atoms. The molecule has 27 heavy (non-hydrogen) atoms. The molecule has 0 unspecified atom stereocenters. The quantitative estimate of drug-likeness (QED) is 0.549. The van der Waals surface area contributed by atoms with Crippen molar-refractivity contribution in [2.75, 3.05) is 7.05 Å². The van der Waals surface area contributed by atoms with Gasteiger partial charge in [-0.2, -0.15) is 0 Å². The Morgan fingerprint density at radius 2 is 2.11 bits per heavy atom. The van der Waals surface area contributed by atoms with E-state index in [4.69, 9.17) is 0 Å². The van der Waals surface area contributed by atoms with Crippen LogP contribution in [0.15, 0.2) is 40.5 Å². The van der Waals surface area contributed by atoms with Crippen LogP contribution in [0, 0.1) is 0 Å². The third kappa shape index (κ3) is 2.53. The van der Waals surface area contributed by atoms with Gasteiger partial charge in [-0.15, -0.1) is 21.5 Å². The van der Waals surface area contributed by atoms with Crippen molar-refractivity contribution in [3.05, 3.63) is 63.0 Å². The number of benzene rings is 1. The topological polar surface area (TPSA) is 55.4 Å². The Labute approximate surface area is 160 Å². The number of nitrogens with zero attached hydrogens (tertiary/aromatic N) is 5. The highest BCUT2D eigenvalue weighted by Crippen LogP contribution is 2.34. The second-order valence-corrected chi connectivity index (χ2v) is 8.19. The summed E-state index contributed by atoms with van der Waals surface area (Å²) in [5.74, 6) is 1.47. The summed E-state index contributed by atoms with van der Waals surface area (Å²) in [7, 11) is 3.91. The third-order valence-corrected chi connectivity index (χ3v) is 6.55. The molecule has 0 aliphatic heterocycles. The molecule has 0 bridgehead atoms. The van der Waals surface area contributed by atoms with Gasteiger partial charge in [0, 0.05) is 13.1 Å². The second kappa shape index (κ2) is 6.28. The average molecular weight is 379 g/mol. The lowest BCUT2D eigenvalue weighted by molar-refractivity contribution is 0.208. The highest BCUT2D eigenvalue weighted by atomic mass is 32.1. The van der Waals surface area contributed by atoms with Crippen LogP contribution in [0.4, 0.5) is 0 Å². The largest absolute Gasteiger partial charge is 0.292 e. The van der Waals surface area contributed by atoms with Crippen LogP contribution in [0.3, 0.4) is 0 Å². The summed E-state index contributed by atoms with van der Waals surface area (Å²) in [6, 6.07) is 11.1. The van der Waals surface area contributed by atoms with E-state index < -0.39 is 0 Å². The molecule has 7 heteroatoms. The first-order valence-electron chi connectivity index (χ1n) is 9.23. The lowest BCUT2D eigenvalue weighted by Crippen LogP contribution is -2.28. The number of fused-ring (bicyclic) bond motifs is 4. The minimum absolute atomic E-state index is 0.0130. The number of aromatic nitrogens is 4. The van der Waals surface area contributed by atoms with Gasteiger partial charge in [0.2, 0.25) is 5.78 Å². The van der Waals surface area contributed by atoms with Gasteiger partial charge in [-0.1, -0.05) is 24.3 Å². The van der Waals surface area contributed by atoms with Crippen LogP contribution >= 0.6 is 11.3 Å². The summed E-state index contributed by atoms with van der Waals surface area (Å²) in [6.45, 7) is 0.684. The zero-order valence-corrected chi connectivity index (χ0v) is 16.2. The number of aryl methyl sites for hydroxylation is 2. The monoisotopic (exact) mass is 379 g/mol. The fourth-order valence-corrected chi connectivity index (χ4v) is 5.13. The van der Waals surface area contributed by atoms with Crippen molar-refractivity contribution in [1.29, 1.82) is 0 Å². The first kappa shape index (κ1) is 16.6. The maximum absolute atomic E-state index is 12.5. The van der Waals surface area contributed by atoms with Gasteiger partial charge in [-0.3, -0.25) is 18.7 Å². The van der Waals surface area contributed by atoms with Crippen molar-refractivity contribution in [2.45, 2.75) is 31.8 Å². The molecule has 6 nitrogen and oxygen atoms in total. The summed E-state index contributed by atoms with van der Waals surface area (Å²) in [5.41, 5.74) is 3.76. The van der Waals surface area contributed by atoms with Crippen LogP contribution in [0.5, 0.6) is 0 Å². The van der Waals surface area contributed by atoms with Crippen molar-refractivity contribution in [3.63, 3.8) is 0 Å². The molecule has 0 saturated carbocycles. The predicted molar refractivity (Wildman–Crippen MR) is 107 cm³/mol. The summed E-state index contributed by atoms with van der Waals surface area (Å²) in [6.07, 6.45) is 3.51. The fourth-order valence-electron chi connectivity index (χ4n) is 4.27. The molecular weight excluding hydrogens is 358 g/mol. The van der Waals surface area contributed by atoms with Gasteiger partial charge in [0.05, 0.1) is 12.1 Å². The summed E-state index contributed by atoms with van der Waals surface area (Å²) >= 11 is 1.47. The van der Waals surface area contributed by atoms with Crippen molar-refractivity contribution >= 4 is 27.3 Å². The van der Waals surface area contributed by atoms with Gasteiger partial charge in [0.1, 0.15) is 4.70 Å². The molecule has 138 valence electrons. The molecule has 1 aliphatic carbocycles. The Kier molecular flexibility index (Phi) is 3.87. The molecule has 0 saturated heterocycles. The normalized spacial score (nSPS) is 17.1. The number of rotatable bonds is 3. The summed E-state index contributed by atoms with van der Waals surface area (Å²) < 4.78 is 4.36. The van der Waals surface area contributed by atoms with Crippen LogP contribution in [-0.4, -0.2) is 31.1 Å². The van der Waals surface area contributed by atoms with Crippen molar-refractivity contribution in [3.8, 4) is 0 Å². The molecule has 0 fully saturated rings. The first-order chi connectivity index (χ1) is 13.1. The van der Waals surface area contributed by atoms with E-state index >= 15 is 0 Å². The molecule has 5 rings (SSSR count). The Morgan fingerprint density at radius 3 is 3.00 bits per heavy atom. The third-order valence-electron chi connectivity index (χ3n) is 5.66. The minimum Gasteiger partial charge on any atom is -0.292 e. The molecule has 0 N–H and O–H groups in total.